The number of furan rings is 1. The number of nitrogens with one attached hydrogen (secondary N) is 2. The molecule has 0 aliphatic carbocycles. The van der Waals surface area contributed by atoms with Gasteiger partial charge in [0.1, 0.15) is 5.76 Å². The minimum Gasteiger partial charge on any atom is -0.467 e. The van der Waals surface area contributed by atoms with Crippen LogP contribution in [-0.4, -0.2) is 11.8 Å². The second kappa shape index (κ2) is 8.92. The summed E-state index contributed by atoms with van der Waals surface area (Å²) in [4.78, 5) is 25.0. The van der Waals surface area contributed by atoms with Crippen LogP contribution >= 0.6 is 0 Å². The lowest BCUT2D eigenvalue weighted by atomic mass is 10.0. The van der Waals surface area contributed by atoms with Crippen LogP contribution in [0.3, 0.4) is 0 Å². The van der Waals surface area contributed by atoms with E-state index in [2.05, 4.69) is 10.6 Å². The molecular formula is C25H20N2O3. The zero-order chi connectivity index (χ0) is 20.8. The van der Waals surface area contributed by atoms with Gasteiger partial charge in [0.05, 0.1) is 24.1 Å². The summed E-state index contributed by atoms with van der Waals surface area (Å²) in [6.45, 7) is 0.273. The maximum Gasteiger partial charge on any atom is 0.253 e. The molecule has 0 bridgehead atoms. The van der Waals surface area contributed by atoms with E-state index in [9.17, 15) is 9.59 Å². The van der Waals surface area contributed by atoms with Crippen LogP contribution in [0.5, 0.6) is 0 Å². The van der Waals surface area contributed by atoms with Crippen LogP contribution < -0.4 is 10.6 Å². The van der Waals surface area contributed by atoms with E-state index in [0.717, 1.165) is 16.3 Å². The molecule has 0 saturated heterocycles. The number of carbonyl (C=O) groups is 2. The fourth-order valence-corrected chi connectivity index (χ4v) is 3.20. The van der Waals surface area contributed by atoms with E-state index in [1.807, 2.05) is 42.5 Å². The van der Waals surface area contributed by atoms with Gasteiger partial charge < -0.3 is 15.1 Å². The molecule has 0 aliphatic heterocycles. The number of hydrogen-bond donors (Lipinski definition) is 2. The maximum atomic E-state index is 12.5. The summed E-state index contributed by atoms with van der Waals surface area (Å²) >= 11 is 0. The number of para-hydroxylation sites is 1. The predicted molar refractivity (Wildman–Crippen MR) is 118 cm³/mol. The molecule has 5 nitrogen and oxygen atoms in total. The highest BCUT2D eigenvalue weighted by molar-refractivity contribution is 6.08. The zero-order valence-corrected chi connectivity index (χ0v) is 16.2. The van der Waals surface area contributed by atoms with Crippen molar-refractivity contribution in [1.82, 2.24) is 5.32 Å². The minimum absolute atomic E-state index is 0.273. The van der Waals surface area contributed by atoms with Crippen molar-refractivity contribution in [2.45, 2.75) is 6.54 Å². The molecule has 30 heavy (non-hydrogen) atoms. The second-order valence-electron chi connectivity index (χ2n) is 6.70. The predicted octanol–water partition coefficient (Wildman–Crippen LogP) is 5.01. The molecule has 0 aliphatic rings. The van der Waals surface area contributed by atoms with Gasteiger partial charge in [-0.15, -0.1) is 0 Å². The van der Waals surface area contributed by atoms with E-state index < -0.39 is 0 Å². The molecule has 2 amide bonds. The molecule has 1 heterocycles. The highest BCUT2D eigenvalue weighted by Gasteiger charge is 2.12. The molecule has 1 aromatic heterocycles. The Morgan fingerprint density at radius 1 is 0.867 bits per heavy atom. The Morgan fingerprint density at radius 3 is 2.53 bits per heavy atom. The van der Waals surface area contributed by atoms with E-state index >= 15 is 0 Å². The lowest BCUT2D eigenvalue weighted by molar-refractivity contribution is -0.111. The molecule has 0 radical (unpaired) electrons. The largest absolute Gasteiger partial charge is 0.467 e. The van der Waals surface area contributed by atoms with Crippen molar-refractivity contribution in [1.29, 1.82) is 0 Å². The van der Waals surface area contributed by atoms with Crippen molar-refractivity contribution in [2.24, 2.45) is 0 Å². The number of amides is 2. The number of carbonyl (C=O) groups excluding carboxylic acids is 2. The van der Waals surface area contributed by atoms with Crippen LogP contribution in [0.25, 0.3) is 16.8 Å². The van der Waals surface area contributed by atoms with Crippen LogP contribution in [0.15, 0.2) is 95.6 Å². The van der Waals surface area contributed by atoms with Crippen molar-refractivity contribution >= 4 is 34.4 Å². The van der Waals surface area contributed by atoms with E-state index in [1.165, 1.54) is 6.08 Å². The molecule has 0 unspecified atom stereocenters. The lowest BCUT2D eigenvalue weighted by Crippen LogP contribution is -2.24. The molecule has 4 rings (SSSR count). The smallest absolute Gasteiger partial charge is 0.253 e. The zero-order valence-electron chi connectivity index (χ0n) is 16.2. The van der Waals surface area contributed by atoms with Crippen LogP contribution in [0.4, 0.5) is 5.69 Å². The van der Waals surface area contributed by atoms with Crippen LogP contribution in [0, 0.1) is 0 Å². The second-order valence-corrected chi connectivity index (χ2v) is 6.70. The molecule has 0 fully saturated rings. The van der Waals surface area contributed by atoms with Crippen molar-refractivity contribution in [3.63, 3.8) is 0 Å². The molecule has 5 heteroatoms. The number of fused-ring (bicyclic) bond motifs is 1. The molecule has 4 aromatic rings. The van der Waals surface area contributed by atoms with Crippen molar-refractivity contribution in [2.75, 3.05) is 5.32 Å². The Labute approximate surface area is 174 Å². The molecule has 2 N–H and O–H groups in total. The van der Waals surface area contributed by atoms with Crippen LogP contribution in [0.1, 0.15) is 21.7 Å². The quantitative estimate of drug-likeness (QED) is 0.450. The van der Waals surface area contributed by atoms with Crippen molar-refractivity contribution in [3.05, 3.63) is 108 Å². The normalized spacial score (nSPS) is 10.9. The van der Waals surface area contributed by atoms with Gasteiger partial charge in [0.2, 0.25) is 5.91 Å². The fraction of sp³-hybridized carbons (Fsp3) is 0.0400. The van der Waals surface area contributed by atoms with Crippen molar-refractivity contribution in [3.8, 4) is 0 Å². The topological polar surface area (TPSA) is 71.3 Å². The first-order chi connectivity index (χ1) is 14.7. The van der Waals surface area contributed by atoms with Crippen molar-refractivity contribution < 1.29 is 14.0 Å². The summed E-state index contributed by atoms with van der Waals surface area (Å²) in [5.41, 5.74) is 1.78. The number of hydrogen-bond acceptors (Lipinski definition) is 3. The standard InChI is InChI=1S/C25H20N2O3/c28-24(15-14-19-9-5-8-18-7-1-2-11-21(18)19)27-23-13-4-3-12-22(23)25(29)26-17-20-10-6-16-30-20/h1-16H,17H2,(H,26,29)(H,27,28). The fourth-order valence-electron chi connectivity index (χ4n) is 3.20. The summed E-state index contributed by atoms with van der Waals surface area (Å²) in [5.74, 6) is 0.0532. The van der Waals surface area contributed by atoms with Gasteiger partial charge in [-0.3, -0.25) is 9.59 Å². The molecule has 3 aromatic carbocycles. The third kappa shape index (κ3) is 4.47. The number of rotatable bonds is 6. The highest BCUT2D eigenvalue weighted by Crippen LogP contribution is 2.20. The minimum atomic E-state index is -0.311. The van der Waals surface area contributed by atoms with Gasteiger partial charge in [-0.25, -0.2) is 0 Å². The summed E-state index contributed by atoms with van der Waals surface area (Å²) < 4.78 is 5.23. The first-order valence-electron chi connectivity index (χ1n) is 9.57. The molecule has 0 saturated carbocycles. The average Bonchev–Trinajstić information content (AvgIpc) is 3.30. The summed E-state index contributed by atoms with van der Waals surface area (Å²) in [6.07, 6.45) is 4.80. The van der Waals surface area contributed by atoms with Gasteiger partial charge in [0.25, 0.3) is 5.91 Å². The first kappa shape index (κ1) is 19.2. The molecule has 0 spiro atoms. The van der Waals surface area contributed by atoms with Gasteiger partial charge in [0.15, 0.2) is 0 Å². The third-order valence-electron chi connectivity index (χ3n) is 4.67. The Bertz CT molecular complexity index is 1200. The SMILES string of the molecule is O=C(C=Cc1cccc2ccccc12)Nc1ccccc1C(=O)NCc1ccco1. The lowest BCUT2D eigenvalue weighted by Gasteiger charge is -2.10. The van der Waals surface area contributed by atoms with E-state index in [-0.39, 0.29) is 18.4 Å². The Morgan fingerprint density at radius 2 is 1.67 bits per heavy atom. The van der Waals surface area contributed by atoms with E-state index in [4.69, 9.17) is 4.42 Å². The van der Waals surface area contributed by atoms with E-state index in [0.29, 0.717) is 17.0 Å². The van der Waals surface area contributed by atoms with Gasteiger partial charge in [-0.1, -0.05) is 54.6 Å². The Hall–Kier alpha value is -4.12. The Kier molecular flexibility index (Phi) is 5.71. The molecule has 148 valence electrons. The maximum absolute atomic E-state index is 12.5. The monoisotopic (exact) mass is 396 g/mol. The molecule has 0 atom stereocenters. The summed E-state index contributed by atoms with van der Waals surface area (Å²) in [6, 6.07) is 24.4. The number of benzene rings is 3. The highest BCUT2D eigenvalue weighted by atomic mass is 16.3. The summed E-state index contributed by atoms with van der Waals surface area (Å²) in [7, 11) is 0. The van der Waals surface area contributed by atoms with Gasteiger partial charge in [-0.2, -0.15) is 0 Å². The van der Waals surface area contributed by atoms with Gasteiger partial charge >= 0.3 is 0 Å². The average molecular weight is 396 g/mol. The number of anilines is 1. The molecular weight excluding hydrogens is 376 g/mol. The summed E-state index contributed by atoms with van der Waals surface area (Å²) in [5, 5.41) is 7.76. The van der Waals surface area contributed by atoms with Crippen LogP contribution in [0.2, 0.25) is 0 Å². The van der Waals surface area contributed by atoms with Gasteiger partial charge in [-0.05, 0) is 46.7 Å². The Balaban J connectivity index is 1.47. The first-order valence-corrected chi connectivity index (χ1v) is 9.57. The third-order valence-corrected chi connectivity index (χ3v) is 4.67. The van der Waals surface area contributed by atoms with Gasteiger partial charge in [0, 0.05) is 6.08 Å². The van der Waals surface area contributed by atoms with Crippen LogP contribution in [-0.2, 0) is 11.3 Å². The van der Waals surface area contributed by atoms with E-state index in [1.54, 1.807) is 48.7 Å².